The van der Waals surface area contributed by atoms with Gasteiger partial charge in [0.05, 0.1) is 11.6 Å². The third-order valence-corrected chi connectivity index (χ3v) is 3.82. The lowest BCUT2D eigenvalue weighted by Gasteiger charge is -2.34. The van der Waals surface area contributed by atoms with E-state index in [4.69, 9.17) is 0 Å². The first kappa shape index (κ1) is 12.8. The third-order valence-electron chi connectivity index (χ3n) is 3.82. The summed E-state index contributed by atoms with van der Waals surface area (Å²) in [4.78, 5) is 16.3. The van der Waals surface area contributed by atoms with Gasteiger partial charge in [-0.05, 0) is 20.3 Å². The van der Waals surface area contributed by atoms with Crippen LogP contribution in [-0.2, 0) is 4.79 Å². The molecule has 2 atom stereocenters. The van der Waals surface area contributed by atoms with Crippen LogP contribution in [0.5, 0.6) is 0 Å². The number of likely N-dealkylation sites (tertiary alicyclic amines) is 1. The summed E-state index contributed by atoms with van der Waals surface area (Å²) in [6, 6.07) is -0.0639. The number of aliphatic hydroxyl groups is 1. The molecule has 0 aliphatic carbocycles. The molecule has 2 aliphatic heterocycles. The molecule has 2 fully saturated rings. The van der Waals surface area contributed by atoms with Crippen LogP contribution in [0.15, 0.2) is 0 Å². The maximum absolute atomic E-state index is 12.3. The molecule has 2 saturated heterocycles. The van der Waals surface area contributed by atoms with Crippen molar-refractivity contribution < 1.29 is 9.90 Å². The average molecular weight is 241 g/mol. The highest BCUT2D eigenvalue weighted by Crippen LogP contribution is 2.21. The molecular weight excluding hydrogens is 218 g/mol. The first-order chi connectivity index (χ1) is 7.99. The summed E-state index contributed by atoms with van der Waals surface area (Å²) in [7, 11) is 0. The minimum Gasteiger partial charge on any atom is -0.388 e. The van der Waals surface area contributed by atoms with Gasteiger partial charge >= 0.3 is 0 Å². The number of nitrogens with one attached hydrogen (secondary N) is 1. The molecule has 2 rings (SSSR count). The smallest absolute Gasteiger partial charge is 0.239 e. The van der Waals surface area contributed by atoms with E-state index in [1.54, 1.807) is 11.8 Å². The predicted molar refractivity (Wildman–Crippen MR) is 65.7 cm³/mol. The number of β-amino-alcohol motifs (C(OH)–C–C–N with tert-alkyl or cyclic N) is 1. The molecular formula is C12H23N3O2. The normalized spacial score (nSPS) is 32.8. The molecule has 2 aliphatic rings. The van der Waals surface area contributed by atoms with Crippen molar-refractivity contribution in [2.75, 3.05) is 39.3 Å². The molecule has 0 aromatic rings. The summed E-state index contributed by atoms with van der Waals surface area (Å²) < 4.78 is 0. The molecule has 5 nitrogen and oxygen atoms in total. The highest BCUT2D eigenvalue weighted by atomic mass is 16.3. The van der Waals surface area contributed by atoms with Crippen LogP contribution in [0.3, 0.4) is 0 Å². The van der Waals surface area contributed by atoms with E-state index in [9.17, 15) is 9.90 Å². The van der Waals surface area contributed by atoms with Crippen molar-refractivity contribution in [2.24, 2.45) is 0 Å². The van der Waals surface area contributed by atoms with Gasteiger partial charge in [-0.15, -0.1) is 0 Å². The second kappa shape index (κ2) is 4.92. The van der Waals surface area contributed by atoms with Gasteiger partial charge in [0.2, 0.25) is 5.91 Å². The molecule has 0 bridgehead atoms. The number of carbonyl (C=O) groups excluding carboxylic acids is 1. The van der Waals surface area contributed by atoms with Crippen LogP contribution in [-0.4, -0.2) is 71.7 Å². The molecule has 0 spiro atoms. The van der Waals surface area contributed by atoms with E-state index in [0.29, 0.717) is 19.5 Å². The Morgan fingerprint density at radius 3 is 2.53 bits per heavy atom. The monoisotopic (exact) mass is 241 g/mol. The zero-order chi connectivity index (χ0) is 12.5. The Labute approximate surface area is 103 Å². The maximum Gasteiger partial charge on any atom is 0.239 e. The Balaban J connectivity index is 1.90. The van der Waals surface area contributed by atoms with Gasteiger partial charge in [0.15, 0.2) is 0 Å². The van der Waals surface area contributed by atoms with Crippen molar-refractivity contribution in [3.8, 4) is 0 Å². The molecule has 98 valence electrons. The van der Waals surface area contributed by atoms with E-state index >= 15 is 0 Å². The summed E-state index contributed by atoms with van der Waals surface area (Å²) in [6.07, 6.45) is 0.688. The van der Waals surface area contributed by atoms with Crippen molar-refractivity contribution in [3.05, 3.63) is 0 Å². The molecule has 2 unspecified atom stereocenters. The van der Waals surface area contributed by atoms with Crippen LogP contribution in [0.2, 0.25) is 0 Å². The molecule has 0 aromatic heterocycles. The van der Waals surface area contributed by atoms with E-state index in [1.807, 2.05) is 6.92 Å². The molecule has 0 saturated carbocycles. The van der Waals surface area contributed by atoms with Crippen LogP contribution in [0.4, 0.5) is 0 Å². The summed E-state index contributed by atoms with van der Waals surface area (Å²) in [5, 5.41) is 13.2. The summed E-state index contributed by atoms with van der Waals surface area (Å²) in [5.41, 5.74) is -0.696. The number of rotatable bonds is 2. The lowest BCUT2D eigenvalue weighted by Crippen LogP contribution is -2.53. The molecule has 0 aromatic carbocycles. The van der Waals surface area contributed by atoms with E-state index in [1.165, 1.54) is 0 Å². The minimum atomic E-state index is -0.696. The maximum atomic E-state index is 12.3. The number of amides is 1. The van der Waals surface area contributed by atoms with E-state index in [2.05, 4.69) is 10.2 Å². The van der Waals surface area contributed by atoms with Gasteiger partial charge in [0, 0.05) is 39.3 Å². The summed E-state index contributed by atoms with van der Waals surface area (Å²) in [5.74, 6) is 0.157. The van der Waals surface area contributed by atoms with Crippen LogP contribution in [0.25, 0.3) is 0 Å². The standard InChI is InChI=1S/C12H23N3O2/c1-10(14-7-4-13-5-8-14)11(16)15-6-3-12(2,17)9-15/h10,13,17H,3-9H2,1-2H3. The van der Waals surface area contributed by atoms with E-state index in [-0.39, 0.29) is 11.9 Å². The zero-order valence-electron chi connectivity index (χ0n) is 10.8. The van der Waals surface area contributed by atoms with Gasteiger partial charge in [-0.3, -0.25) is 9.69 Å². The van der Waals surface area contributed by atoms with Crippen LogP contribution in [0, 0.1) is 0 Å². The SMILES string of the molecule is CC(C(=O)N1CCC(C)(O)C1)N1CCNCC1. The summed E-state index contributed by atoms with van der Waals surface area (Å²) >= 11 is 0. The highest BCUT2D eigenvalue weighted by Gasteiger charge is 2.36. The van der Waals surface area contributed by atoms with Crippen molar-refractivity contribution in [1.82, 2.24) is 15.1 Å². The molecule has 17 heavy (non-hydrogen) atoms. The minimum absolute atomic E-state index is 0.0639. The number of hydrogen-bond acceptors (Lipinski definition) is 4. The quantitative estimate of drug-likeness (QED) is 0.669. The average Bonchev–Trinajstić information content (AvgIpc) is 2.69. The lowest BCUT2D eigenvalue weighted by molar-refractivity contribution is -0.136. The zero-order valence-corrected chi connectivity index (χ0v) is 10.8. The molecule has 0 radical (unpaired) electrons. The highest BCUT2D eigenvalue weighted by molar-refractivity contribution is 5.81. The molecule has 1 amide bonds. The Morgan fingerprint density at radius 1 is 1.35 bits per heavy atom. The van der Waals surface area contributed by atoms with Crippen molar-refractivity contribution in [2.45, 2.75) is 31.9 Å². The van der Waals surface area contributed by atoms with Gasteiger partial charge in [0.1, 0.15) is 0 Å². The number of hydrogen-bond donors (Lipinski definition) is 2. The second-order valence-corrected chi connectivity index (χ2v) is 5.47. The number of carbonyl (C=O) groups is 1. The van der Waals surface area contributed by atoms with Crippen LogP contribution < -0.4 is 5.32 Å². The second-order valence-electron chi connectivity index (χ2n) is 5.47. The first-order valence-electron chi connectivity index (χ1n) is 6.45. The Bertz CT molecular complexity index is 287. The third kappa shape index (κ3) is 2.97. The lowest BCUT2D eigenvalue weighted by atomic mass is 10.1. The predicted octanol–water partition coefficient (Wildman–Crippen LogP) is -0.737. The van der Waals surface area contributed by atoms with Gasteiger partial charge in [-0.1, -0.05) is 0 Å². The fourth-order valence-electron chi connectivity index (χ4n) is 2.62. The molecule has 2 heterocycles. The van der Waals surface area contributed by atoms with Crippen molar-refractivity contribution >= 4 is 5.91 Å². The molecule has 2 N–H and O–H groups in total. The van der Waals surface area contributed by atoms with Gasteiger partial charge in [-0.2, -0.15) is 0 Å². The van der Waals surface area contributed by atoms with Gasteiger partial charge in [0.25, 0.3) is 0 Å². The van der Waals surface area contributed by atoms with E-state index < -0.39 is 5.60 Å². The van der Waals surface area contributed by atoms with Gasteiger partial charge < -0.3 is 15.3 Å². The fraction of sp³-hybridized carbons (Fsp3) is 0.917. The largest absolute Gasteiger partial charge is 0.388 e. The van der Waals surface area contributed by atoms with Crippen LogP contribution >= 0.6 is 0 Å². The molecule has 5 heteroatoms. The Hall–Kier alpha value is -0.650. The number of nitrogens with zero attached hydrogens (tertiary/aromatic N) is 2. The summed E-state index contributed by atoms with van der Waals surface area (Å²) in [6.45, 7) is 8.69. The van der Waals surface area contributed by atoms with E-state index in [0.717, 1.165) is 26.2 Å². The first-order valence-corrected chi connectivity index (χ1v) is 6.45. The van der Waals surface area contributed by atoms with Crippen molar-refractivity contribution in [3.63, 3.8) is 0 Å². The van der Waals surface area contributed by atoms with Crippen molar-refractivity contribution in [1.29, 1.82) is 0 Å². The Kier molecular flexibility index (Phi) is 3.70. The Morgan fingerprint density at radius 2 is 2.00 bits per heavy atom. The number of piperazine rings is 1. The van der Waals surface area contributed by atoms with Crippen LogP contribution in [0.1, 0.15) is 20.3 Å². The van der Waals surface area contributed by atoms with Gasteiger partial charge in [-0.25, -0.2) is 0 Å². The topological polar surface area (TPSA) is 55.8 Å². The fourth-order valence-corrected chi connectivity index (χ4v) is 2.62.